The molecule has 2 heterocycles. The number of aromatic nitrogens is 4. The molecule has 0 aromatic carbocycles. The zero-order chi connectivity index (χ0) is 9.59. The smallest absolute Gasteiger partial charge is 0.333 e. The van der Waals surface area contributed by atoms with E-state index in [1.54, 1.807) is 0 Å². The van der Waals surface area contributed by atoms with E-state index in [9.17, 15) is 0 Å². The molecule has 4 N–H and O–H groups in total. The molecule has 2 aliphatic rings. The van der Waals surface area contributed by atoms with E-state index in [4.69, 9.17) is 20.5 Å². The number of fused-ring (bicyclic) bond motifs is 1. The minimum atomic E-state index is -0.843. The van der Waals surface area contributed by atoms with Crippen molar-refractivity contribution in [3.8, 4) is 29.4 Å². The van der Waals surface area contributed by atoms with Crippen molar-refractivity contribution in [1.82, 2.24) is 19.7 Å². The van der Waals surface area contributed by atoms with Gasteiger partial charge in [-0.3, -0.25) is 0 Å². The predicted molar refractivity (Wildman–Crippen MR) is 36.6 cm³/mol. The summed E-state index contributed by atoms with van der Waals surface area (Å²) in [5.74, 6) is -0.895. The number of nitrogens with zero attached hydrogens (tertiary/aromatic N) is 4. The van der Waals surface area contributed by atoms with Crippen LogP contribution in [-0.4, -0.2) is 40.2 Å². The minimum Gasteiger partial charge on any atom is -0.491 e. The average molecular weight is 184 g/mol. The van der Waals surface area contributed by atoms with Gasteiger partial charge in [0.1, 0.15) is 0 Å². The van der Waals surface area contributed by atoms with Crippen molar-refractivity contribution in [1.29, 1.82) is 0 Å². The molecule has 0 spiro atoms. The highest BCUT2D eigenvalue weighted by molar-refractivity contribution is 5.59. The Morgan fingerprint density at radius 1 is 1.00 bits per heavy atom. The zero-order valence-electron chi connectivity index (χ0n) is 6.08. The van der Waals surface area contributed by atoms with E-state index in [1.165, 1.54) is 0 Å². The third kappa shape index (κ3) is 0.883. The standard InChI is InChI=1S/C5H4N4O4/c10-3-1-2(7-4(11)6-1)8-5(12)9(3)13/h10,13H,(H2,6,7,8,11,12). The molecule has 0 saturated carbocycles. The first kappa shape index (κ1) is 7.40. The molecular weight excluding hydrogens is 180 g/mol. The van der Waals surface area contributed by atoms with E-state index in [2.05, 4.69) is 15.0 Å². The van der Waals surface area contributed by atoms with E-state index in [1.807, 2.05) is 0 Å². The van der Waals surface area contributed by atoms with Crippen LogP contribution in [-0.2, 0) is 0 Å². The van der Waals surface area contributed by atoms with Gasteiger partial charge < -0.3 is 20.5 Å². The Labute approximate surface area is 70.7 Å². The Kier molecular flexibility index (Phi) is 1.21. The van der Waals surface area contributed by atoms with Crippen LogP contribution in [0.2, 0.25) is 0 Å². The topological polar surface area (TPSA) is 125 Å². The summed E-state index contributed by atoms with van der Waals surface area (Å²) in [6, 6.07) is -1.44. The molecule has 68 valence electrons. The molecule has 0 aromatic heterocycles. The van der Waals surface area contributed by atoms with Gasteiger partial charge >= 0.3 is 12.0 Å². The van der Waals surface area contributed by atoms with Crippen molar-refractivity contribution in [3.63, 3.8) is 0 Å². The highest BCUT2D eigenvalue weighted by Gasteiger charge is 2.22. The number of hydrogen-bond donors (Lipinski definition) is 4. The molecule has 0 aliphatic carbocycles. The van der Waals surface area contributed by atoms with E-state index < -0.39 is 17.9 Å². The number of hydrogen-bond acceptors (Lipinski definition) is 7. The molecule has 0 unspecified atom stereocenters. The lowest BCUT2D eigenvalue weighted by Gasteiger charge is -2.04. The van der Waals surface area contributed by atoms with Crippen LogP contribution in [0.3, 0.4) is 0 Å². The Morgan fingerprint density at radius 2 is 1.69 bits per heavy atom. The highest BCUT2D eigenvalue weighted by Crippen LogP contribution is 2.30. The normalized spacial score (nSPS) is 10.8. The van der Waals surface area contributed by atoms with Crippen molar-refractivity contribution in [3.05, 3.63) is 0 Å². The van der Waals surface area contributed by atoms with Crippen molar-refractivity contribution in [2.75, 3.05) is 0 Å². The van der Waals surface area contributed by atoms with Gasteiger partial charge in [0.15, 0.2) is 11.5 Å². The third-order valence-electron chi connectivity index (χ3n) is 1.44. The van der Waals surface area contributed by atoms with Gasteiger partial charge in [0.25, 0.3) is 5.88 Å². The van der Waals surface area contributed by atoms with Crippen LogP contribution in [0.5, 0.6) is 17.9 Å². The lowest BCUT2D eigenvalue weighted by atomic mass is 10.4. The predicted octanol–water partition coefficient (Wildman–Crippen LogP) is -0.868. The molecule has 0 aromatic rings. The Hall–Kier alpha value is -2.25. The molecule has 8 nitrogen and oxygen atoms in total. The monoisotopic (exact) mass is 184 g/mol. The SMILES string of the molecule is Oc1nc2nc(O)n(O)c(O)c-2n1. The Morgan fingerprint density at radius 3 is 2.38 bits per heavy atom. The van der Waals surface area contributed by atoms with Crippen LogP contribution >= 0.6 is 0 Å². The van der Waals surface area contributed by atoms with Crippen LogP contribution in [0.1, 0.15) is 0 Å². The largest absolute Gasteiger partial charge is 0.491 e. The first-order chi connectivity index (χ1) is 6.09. The summed E-state index contributed by atoms with van der Waals surface area (Å²) in [5.41, 5.74) is -0.196. The molecule has 2 rings (SSSR count). The van der Waals surface area contributed by atoms with Gasteiger partial charge in [-0.1, -0.05) is 4.73 Å². The average Bonchev–Trinajstić information content (AvgIpc) is 2.42. The number of imidazole rings is 1. The van der Waals surface area contributed by atoms with Crippen LogP contribution < -0.4 is 0 Å². The van der Waals surface area contributed by atoms with Crippen molar-refractivity contribution in [2.45, 2.75) is 0 Å². The minimum absolute atomic E-state index is 0.0243. The molecule has 8 heteroatoms. The van der Waals surface area contributed by atoms with Gasteiger partial charge in [-0.05, 0) is 0 Å². The second-order valence-electron chi connectivity index (χ2n) is 2.24. The molecule has 0 amide bonds. The second-order valence-corrected chi connectivity index (χ2v) is 2.24. The summed E-state index contributed by atoms with van der Waals surface area (Å²) < 4.78 is 0.0243. The molecule has 13 heavy (non-hydrogen) atoms. The summed E-state index contributed by atoms with van der Waals surface area (Å²) in [6.07, 6.45) is 0. The van der Waals surface area contributed by atoms with E-state index in [0.717, 1.165) is 0 Å². The van der Waals surface area contributed by atoms with Gasteiger partial charge in [0.05, 0.1) is 0 Å². The van der Waals surface area contributed by atoms with E-state index in [-0.39, 0.29) is 16.2 Å². The lowest BCUT2D eigenvalue weighted by Crippen LogP contribution is -2.00. The molecule has 0 bridgehead atoms. The fourth-order valence-corrected chi connectivity index (χ4v) is 0.888. The Balaban J connectivity index is 2.85. The second kappa shape index (κ2) is 2.12. The molecule has 2 aliphatic heterocycles. The zero-order valence-corrected chi connectivity index (χ0v) is 6.08. The first-order valence-corrected chi connectivity index (χ1v) is 3.16. The van der Waals surface area contributed by atoms with E-state index >= 15 is 0 Å². The summed E-state index contributed by atoms with van der Waals surface area (Å²) in [4.78, 5) is 10.1. The van der Waals surface area contributed by atoms with Crippen molar-refractivity contribution >= 4 is 0 Å². The van der Waals surface area contributed by atoms with Crippen LogP contribution in [0.25, 0.3) is 11.5 Å². The molecular formula is C5H4N4O4. The van der Waals surface area contributed by atoms with Crippen molar-refractivity contribution in [2.24, 2.45) is 0 Å². The van der Waals surface area contributed by atoms with Crippen molar-refractivity contribution < 1.29 is 20.5 Å². The van der Waals surface area contributed by atoms with Gasteiger partial charge in [-0.15, -0.1) is 0 Å². The maximum absolute atomic E-state index is 9.15. The maximum atomic E-state index is 9.15. The quantitative estimate of drug-likeness (QED) is 0.392. The molecule has 0 fully saturated rings. The summed E-state index contributed by atoms with van der Waals surface area (Å²) in [7, 11) is 0. The number of rotatable bonds is 0. The van der Waals surface area contributed by atoms with Crippen LogP contribution in [0.15, 0.2) is 0 Å². The van der Waals surface area contributed by atoms with Gasteiger partial charge in [0, 0.05) is 0 Å². The molecule has 0 saturated heterocycles. The number of aromatic hydroxyl groups is 3. The van der Waals surface area contributed by atoms with Crippen LogP contribution in [0, 0.1) is 0 Å². The summed E-state index contributed by atoms with van der Waals surface area (Å²) >= 11 is 0. The molecule has 0 radical (unpaired) electrons. The lowest BCUT2D eigenvalue weighted by molar-refractivity contribution is 0.119. The highest BCUT2D eigenvalue weighted by atomic mass is 16.5. The fourth-order valence-electron chi connectivity index (χ4n) is 0.888. The van der Waals surface area contributed by atoms with Crippen LogP contribution in [0.4, 0.5) is 0 Å². The van der Waals surface area contributed by atoms with Gasteiger partial charge in [-0.2, -0.15) is 15.0 Å². The fraction of sp³-hybridized carbons (Fsp3) is 0. The van der Waals surface area contributed by atoms with Gasteiger partial charge in [0.2, 0.25) is 0 Å². The maximum Gasteiger partial charge on any atom is 0.333 e. The summed E-state index contributed by atoms with van der Waals surface area (Å²) in [5, 5.41) is 35.8. The summed E-state index contributed by atoms with van der Waals surface area (Å²) in [6.45, 7) is 0. The third-order valence-corrected chi connectivity index (χ3v) is 1.44. The molecule has 0 atom stereocenters. The van der Waals surface area contributed by atoms with Gasteiger partial charge in [-0.25, -0.2) is 0 Å². The van der Waals surface area contributed by atoms with E-state index in [0.29, 0.717) is 0 Å². The Bertz CT molecular complexity index is 439. The first-order valence-electron chi connectivity index (χ1n) is 3.16.